The number of hydrogen-bond donors (Lipinski definition) is 0. The Hall–Kier alpha value is -2.75. The van der Waals surface area contributed by atoms with Crippen molar-refractivity contribution < 1.29 is 9.32 Å². The summed E-state index contributed by atoms with van der Waals surface area (Å²) in [5.74, 6) is 1.14. The summed E-state index contributed by atoms with van der Waals surface area (Å²) < 4.78 is 7.11. The highest BCUT2D eigenvalue weighted by molar-refractivity contribution is 6.00. The van der Waals surface area contributed by atoms with Crippen molar-refractivity contribution in [3.8, 4) is 17.7 Å². The molecule has 7 heteroatoms. The molecule has 4 rings (SSSR count). The van der Waals surface area contributed by atoms with Gasteiger partial charge >= 0.3 is 0 Å². The number of carbonyl (C=O) groups is 1. The second kappa shape index (κ2) is 4.87. The molecule has 2 unspecified atom stereocenters. The first kappa shape index (κ1) is 14.8. The van der Waals surface area contributed by atoms with Gasteiger partial charge in [-0.3, -0.25) is 9.48 Å². The van der Waals surface area contributed by atoms with Gasteiger partial charge in [-0.25, -0.2) is 0 Å². The highest BCUT2D eigenvalue weighted by Gasteiger charge is 2.47. The fourth-order valence-corrected chi connectivity index (χ4v) is 4.02. The summed E-state index contributed by atoms with van der Waals surface area (Å²) in [7, 11) is 1.86. The highest BCUT2D eigenvalue weighted by atomic mass is 16.5. The number of ketones is 1. The van der Waals surface area contributed by atoms with Crippen molar-refractivity contribution in [1.29, 1.82) is 5.26 Å². The van der Waals surface area contributed by atoms with E-state index in [9.17, 15) is 10.1 Å². The molecular formula is C17H17N5O2. The van der Waals surface area contributed by atoms with Gasteiger partial charge in [-0.05, 0) is 25.7 Å². The van der Waals surface area contributed by atoms with Crippen LogP contribution in [0.1, 0.15) is 36.8 Å². The van der Waals surface area contributed by atoms with Crippen LogP contribution in [0.4, 0.5) is 0 Å². The number of Topliss-reactive ketones (excluding diaryl/α,β-unsaturated/α-hetero) is 1. The van der Waals surface area contributed by atoms with Crippen molar-refractivity contribution in [3.05, 3.63) is 28.7 Å². The van der Waals surface area contributed by atoms with Crippen LogP contribution in [0.3, 0.4) is 0 Å². The van der Waals surface area contributed by atoms with E-state index in [0.29, 0.717) is 18.1 Å². The van der Waals surface area contributed by atoms with Crippen LogP contribution < -0.4 is 0 Å². The first-order valence-electron chi connectivity index (χ1n) is 7.97. The Kier molecular flexibility index (Phi) is 3.01. The molecule has 0 fully saturated rings. The molecule has 2 aromatic rings. The minimum absolute atomic E-state index is 0.0629. The molecular weight excluding hydrogens is 306 g/mol. The second-order valence-corrected chi connectivity index (χ2v) is 6.76. The number of rotatable bonds is 1. The number of nitrogens with zero attached hydrogens (tertiary/aromatic N) is 5. The van der Waals surface area contributed by atoms with E-state index in [1.165, 1.54) is 0 Å². The predicted molar refractivity (Wildman–Crippen MR) is 83.7 cm³/mol. The maximum absolute atomic E-state index is 12.1. The lowest BCUT2D eigenvalue weighted by Gasteiger charge is -2.40. The molecule has 0 radical (unpaired) electrons. The van der Waals surface area contributed by atoms with Gasteiger partial charge in [0.1, 0.15) is 11.8 Å². The average molecular weight is 323 g/mol. The fraction of sp³-hybridized carbons (Fsp3) is 0.471. The van der Waals surface area contributed by atoms with Crippen molar-refractivity contribution in [2.45, 2.75) is 38.5 Å². The van der Waals surface area contributed by atoms with E-state index in [2.05, 4.69) is 17.1 Å². The van der Waals surface area contributed by atoms with Crippen molar-refractivity contribution in [2.24, 2.45) is 13.0 Å². The Morgan fingerprint density at radius 3 is 2.96 bits per heavy atom. The molecule has 7 nitrogen and oxygen atoms in total. The van der Waals surface area contributed by atoms with Crippen LogP contribution in [-0.2, 0) is 23.7 Å². The van der Waals surface area contributed by atoms with Crippen LogP contribution >= 0.6 is 0 Å². The predicted octanol–water partition coefficient (Wildman–Crippen LogP) is 2.02. The Bertz CT molecular complexity index is 929. The minimum Gasteiger partial charge on any atom is -0.332 e. The van der Waals surface area contributed by atoms with Crippen LogP contribution in [0, 0.1) is 24.2 Å². The largest absolute Gasteiger partial charge is 0.332 e. The smallest absolute Gasteiger partial charge is 0.276 e. The number of aryl methyl sites for hydroxylation is 2. The van der Waals surface area contributed by atoms with E-state index in [-0.39, 0.29) is 17.3 Å². The van der Waals surface area contributed by atoms with Crippen LogP contribution in [0.2, 0.25) is 0 Å². The zero-order valence-corrected chi connectivity index (χ0v) is 13.8. The summed E-state index contributed by atoms with van der Waals surface area (Å²) in [6.07, 6.45) is 3.89. The van der Waals surface area contributed by atoms with Crippen LogP contribution in [0.5, 0.6) is 0 Å². The van der Waals surface area contributed by atoms with Gasteiger partial charge < -0.3 is 4.52 Å². The normalized spacial score (nSPS) is 25.7. The third kappa shape index (κ3) is 1.89. The molecule has 2 heterocycles. The molecule has 0 N–H and O–H groups in total. The van der Waals surface area contributed by atoms with Gasteiger partial charge in [0.05, 0.1) is 11.3 Å². The summed E-state index contributed by atoms with van der Waals surface area (Å²) in [5.41, 5.74) is 2.63. The minimum atomic E-state index is -0.419. The number of nitriles is 1. The molecule has 122 valence electrons. The van der Waals surface area contributed by atoms with Gasteiger partial charge in [0.15, 0.2) is 11.6 Å². The zero-order valence-electron chi connectivity index (χ0n) is 13.8. The van der Waals surface area contributed by atoms with E-state index < -0.39 is 5.41 Å². The number of carbonyl (C=O) groups excluding carboxylic acids is 1. The molecule has 24 heavy (non-hydrogen) atoms. The fourth-order valence-electron chi connectivity index (χ4n) is 4.02. The van der Waals surface area contributed by atoms with Crippen LogP contribution in [0.25, 0.3) is 11.6 Å². The lowest BCUT2D eigenvalue weighted by molar-refractivity contribution is -0.117. The average Bonchev–Trinajstić information content (AvgIpc) is 3.10. The van der Waals surface area contributed by atoms with E-state index >= 15 is 0 Å². The standard InChI is InChI=1S/C17H17N5O2/c1-9-19-16(24-21-9)14-12-5-4-11-6-13(23)10(8-18)7-17(11,2)15(12)20-22(14)3/h7,11H,4-6H2,1-3H3. The lowest BCUT2D eigenvalue weighted by atomic mass is 9.61. The van der Waals surface area contributed by atoms with Crippen molar-refractivity contribution in [1.82, 2.24) is 19.9 Å². The van der Waals surface area contributed by atoms with Crippen LogP contribution in [0.15, 0.2) is 16.2 Å². The van der Waals surface area contributed by atoms with Crippen molar-refractivity contribution in [2.75, 3.05) is 0 Å². The summed E-state index contributed by atoms with van der Waals surface area (Å²) in [6, 6.07) is 2.04. The third-order valence-electron chi connectivity index (χ3n) is 5.27. The Morgan fingerprint density at radius 1 is 1.50 bits per heavy atom. The summed E-state index contributed by atoms with van der Waals surface area (Å²) in [6.45, 7) is 3.84. The number of hydrogen-bond acceptors (Lipinski definition) is 6. The molecule has 2 aromatic heterocycles. The maximum atomic E-state index is 12.1. The van der Waals surface area contributed by atoms with E-state index in [1.54, 1.807) is 17.7 Å². The van der Waals surface area contributed by atoms with Gasteiger partial charge in [0, 0.05) is 24.4 Å². The van der Waals surface area contributed by atoms with Crippen molar-refractivity contribution in [3.63, 3.8) is 0 Å². The first-order valence-corrected chi connectivity index (χ1v) is 7.97. The number of fused-ring (bicyclic) bond motifs is 3. The second-order valence-electron chi connectivity index (χ2n) is 6.76. The van der Waals surface area contributed by atoms with E-state index in [1.807, 2.05) is 13.1 Å². The van der Waals surface area contributed by atoms with Gasteiger partial charge in [-0.2, -0.15) is 15.3 Å². The monoisotopic (exact) mass is 323 g/mol. The molecule has 0 aliphatic heterocycles. The summed E-state index contributed by atoms with van der Waals surface area (Å²) >= 11 is 0. The topological polar surface area (TPSA) is 97.6 Å². The lowest BCUT2D eigenvalue weighted by Crippen LogP contribution is -2.40. The maximum Gasteiger partial charge on any atom is 0.276 e. The molecule has 2 atom stereocenters. The van der Waals surface area contributed by atoms with Gasteiger partial charge in [-0.1, -0.05) is 18.2 Å². The van der Waals surface area contributed by atoms with Crippen LogP contribution in [-0.4, -0.2) is 25.7 Å². The highest BCUT2D eigenvalue weighted by Crippen LogP contribution is 2.48. The van der Waals surface area contributed by atoms with Gasteiger partial charge in [0.2, 0.25) is 0 Å². The molecule has 2 aliphatic carbocycles. The van der Waals surface area contributed by atoms with Gasteiger partial charge in [0.25, 0.3) is 5.89 Å². The van der Waals surface area contributed by atoms with Gasteiger partial charge in [-0.15, -0.1) is 0 Å². The number of allylic oxidation sites excluding steroid dienone is 2. The van der Waals surface area contributed by atoms with Crippen molar-refractivity contribution >= 4 is 5.78 Å². The molecule has 0 bridgehead atoms. The molecule has 0 spiro atoms. The zero-order chi connectivity index (χ0) is 17.1. The first-order chi connectivity index (χ1) is 11.4. The number of aromatic nitrogens is 4. The molecule has 2 aliphatic rings. The third-order valence-corrected chi connectivity index (χ3v) is 5.27. The van der Waals surface area contributed by atoms with E-state index in [0.717, 1.165) is 29.8 Å². The quantitative estimate of drug-likeness (QED) is 0.796. The Balaban J connectivity index is 1.92. The molecule has 0 amide bonds. The SMILES string of the molecule is Cc1noc(-c2c3c(nn2C)C2(C)C=C(C#N)C(=O)CC2CC3)n1. The summed E-state index contributed by atoms with van der Waals surface area (Å²) in [5, 5.41) is 17.8. The molecule has 0 saturated heterocycles. The Labute approximate surface area is 139 Å². The molecule has 0 saturated carbocycles. The molecule has 0 aromatic carbocycles. The van der Waals surface area contributed by atoms with E-state index in [4.69, 9.17) is 9.62 Å². The summed E-state index contributed by atoms with van der Waals surface area (Å²) in [4.78, 5) is 16.4. The Morgan fingerprint density at radius 2 is 2.29 bits per heavy atom.